The molecule has 0 aromatic heterocycles. The Hall–Kier alpha value is -1.52. The van der Waals surface area contributed by atoms with Gasteiger partial charge in [-0.1, -0.05) is 87.9 Å². The topological polar surface area (TPSA) is 81.6 Å². The second-order valence-corrected chi connectivity index (χ2v) is 6.92. The number of nitrogens with zero attached hydrogens (tertiary/aromatic N) is 1. The number of rotatable bonds is 5. The van der Waals surface area contributed by atoms with Gasteiger partial charge >= 0.3 is 29.6 Å². The quantitative estimate of drug-likeness (QED) is 0.424. The molecule has 3 rings (SSSR count). The molecule has 0 saturated carbocycles. The summed E-state index contributed by atoms with van der Waals surface area (Å²) in [5.74, 6) is -1.20. The average Bonchev–Trinajstić information content (AvgIpc) is 2.70. The van der Waals surface area contributed by atoms with E-state index in [1.807, 2.05) is 26.0 Å². The number of nitrogens with one attached hydrogen (secondary N) is 1. The van der Waals surface area contributed by atoms with Crippen LogP contribution in [0.3, 0.4) is 0 Å². The Kier molecular flexibility index (Phi) is 13.0. The van der Waals surface area contributed by atoms with Crippen LogP contribution in [0.2, 0.25) is 0 Å². The van der Waals surface area contributed by atoms with Crippen LogP contribution in [-0.4, -0.2) is 17.8 Å². The van der Waals surface area contributed by atoms with E-state index >= 15 is 0 Å². The van der Waals surface area contributed by atoms with E-state index in [-0.39, 0.29) is 45.4 Å². The molecule has 156 valence electrons. The van der Waals surface area contributed by atoms with Gasteiger partial charge in [0.05, 0.1) is 6.02 Å². The number of hydrogen-bond donors (Lipinski definition) is 1. The van der Waals surface area contributed by atoms with Gasteiger partial charge in [0.2, 0.25) is 5.91 Å². The number of amides is 2. The molecular formula is C23H30N2NaO3P. The third-order valence-electron chi connectivity index (χ3n) is 5.21. The number of hydrogen-bond acceptors (Lipinski definition) is 3. The minimum absolute atomic E-state index is 0. The van der Waals surface area contributed by atoms with Crippen molar-refractivity contribution in [3.63, 3.8) is 0 Å². The van der Waals surface area contributed by atoms with Gasteiger partial charge in [0.15, 0.2) is 0 Å². The molecular weight excluding hydrogens is 406 g/mol. The van der Waals surface area contributed by atoms with Crippen LogP contribution in [-0.2, 0) is 9.59 Å². The van der Waals surface area contributed by atoms with Gasteiger partial charge in [0.1, 0.15) is 5.41 Å². The van der Waals surface area contributed by atoms with Gasteiger partial charge in [-0.2, -0.15) is 9.90 Å². The van der Waals surface area contributed by atoms with Crippen LogP contribution >= 0.6 is 9.90 Å². The van der Waals surface area contributed by atoms with Crippen molar-refractivity contribution in [1.82, 2.24) is 5.32 Å². The van der Waals surface area contributed by atoms with Gasteiger partial charge in [0, 0.05) is 0 Å². The molecule has 30 heavy (non-hydrogen) atoms. The third-order valence-corrected chi connectivity index (χ3v) is 5.21. The van der Waals surface area contributed by atoms with Crippen molar-refractivity contribution >= 4 is 27.7 Å². The summed E-state index contributed by atoms with van der Waals surface area (Å²) in [6.45, 7) is 5.62. The molecule has 0 fully saturated rings. The number of amidine groups is 1. The van der Waals surface area contributed by atoms with Crippen molar-refractivity contribution in [2.75, 3.05) is 0 Å². The zero-order valence-electron chi connectivity index (χ0n) is 18.4. The van der Waals surface area contributed by atoms with Gasteiger partial charge in [0.25, 0.3) is 5.91 Å². The Balaban J connectivity index is 0.000000541. The summed E-state index contributed by atoms with van der Waals surface area (Å²) in [7, 11) is 0. The van der Waals surface area contributed by atoms with E-state index in [1.54, 1.807) is 6.92 Å². The zero-order valence-corrected chi connectivity index (χ0v) is 21.8. The molecule has 2 amide bonds. The molecule has 0 spiro atoms. The second kappa shape index (κ2) is 13.7. The van der Waals surface area contributed by atoms with Crippen LogP contribution in [0.4, 0.5) is 0 Å². The minimum atomic E-state index is -1.15. The van der Waals surface area contributed by atoms with E-state index in [2.05, 4.69) is 58.8 Å². The first kappa shape index (κ1) is 28.5. The van der Waals surface area contributed by atoms with Crippen molar-refractivity contribution < 1.29 is 44.3 Å². The van der Waals surface area contributed by atoms with Crippen molar-refractivity contribution in [2.45, 2.75) is 40.0 Å². The first-order chi connectivity index (χ1) is 13.5. The minimum Gasteiger partial charge on any atom is -0.846 e. The summed E-state index contributed by atoms with van der Waals surface area (Å²) in [5, 5.41) is 13.1. The molecule has 5 nitrogen and oxygen atoms in total. The fraction of sp³-hybridized carbons (Fsp3) is 0.348. The van der Waals surface area contributed by atoms with Gasteiger partial charge in [-0.05, 0) is 29.9 Å². The normalized spacial score (nSPS) is 18.4. The Morgan fingerprint density at radius 3 is 1.80 bits per heavy atom. The second-order valence-electron chi connectivity index (χ2n) is 6.92. The first-order valence-electron chi connectivity index (χ1n) is 9.67. The molecule has 2 aromatic rings. The van der Waals surface area contributed by atoms with Crippen molar-refractivity contribution in [1.29, 1.82) is 0 Å². The van der Waals surface area contributed by atoms with Gasteiger partial charge in [-0.15, -0.1) is 0 Å². The number of benzene rings is 2. The monoisotopic (exact) mass is 436 g/mol. The Labute approximate surface area is 204 Å². The van der Waals surface area contributed by atoms with E-state index in [0.29, 0.717) is 6.42 Å². The molecule has 3 unspecified atom stereocenters. The fourth-order valence-electron chi connectivity index (χ4n) is 3.56. The maximum Gasteiger partial charge on any atom is 1.00 e. The summed E-state index contributed by atoms with van der Waals surface area (Å²) >= 11 is 0. The van der Waals surface area contributed by atoms with Crippen LogP contribution in [0, 0.1) is 11.3 Å². The van der Waals surface area contributed by atoms with E-state index in [4.69, 9.17) is 0 Å². The van der Waals surface area contributed by atoms with Crippen LogP contribution in [0.5, 0.6) is 0 Å². The van der Waals surface area contributed by atoms with Crippen molar-refractivity contribution in [3.8, 4) is 11.1 Å². The summed E-state index contributed by atoms with van der Waals surface area (Å²) in [4.78, 5) is 27.1. The predicted octanol–water partition coefficient (Wildman–Crippen LogP) is 0.607. The maximum absolute atomic E-state index is 11.9. The Morgan fingerprint density at radius 2 is 1.43 bits per heavy atom. The average molecular weight is 436 g/mol. The summed E-state index contributed by atoms with van der Waals surface area (Å²) in [5.41, 5.74) is 1.40. The molecule has 1 aliphatic heterocycles. The predicted molar refractivity (Wildman–Crippen MR) is 120 cm³/mol. The standard InChI is InChI=1S/C12H10.C11H18N2O3.Na.H3P/c1-3-7-11(8-4-1)12-9-5-2-6-10-12;1-4-6-7(3)11(5-2)8(14)12-10(16)13-9(11)15;;/h1-10H;7H,4-6H2,1-3H3,(H2,12,13,14,15,16);;1H3/q;;+1;/p-1. The largest absolute Gasteiger partial charge is 1.00 e. The zero-order chi connectivity index (χ0) is 20.6. The summed E-state index contributed by atoms with van der Waals surface area (Å²) < 4.78 is 0. The summed E-state index contributed by atoms with van der Waals surface area (Å²) in [6.07, 6.45) is 2.02. The van der Waals surface area contributed by atoms with Crippen molar-refractivity contribution in [2.24, 2.45) is 16.3 Å². The van der Waals surface area contributed by atoms with Crippen LogP contribution < -0.4 is 40.0 Å². The van der Waals surface area contributed by atoms with Crippen LogP contribution in [0.1, 0.15) is 40.0 Å². The summed E-state index contributed by atoms with van der Waals surface area (Å²) in [6, 6.07) is 19.9. The van der Waals surface area contributed by atoms with Gasteiger partial charge in [-0.25, -0.2) is 4.99 Å². The van der Waals surface area contributed by atoms with E-state index in [1.165, 1.54) is 11.1 Å². The number of carbonyl (C=O) groups excluding carboxylic acids is 2. The molecule has 2 aromatic carbocycles. The van der Waals surface area contributed by atoms with E-state index in [9.17, 15) is 14.7 Å². The van der Waals surface area contributed by atoms with Crippen LogP contribution in [0.15, 0.2) is 65.7 Å². The maximum atomic E-state index is 11.9. The van der Waals surface area contributed by atoms with Gasteiger partial charge in [-0.3, -0.25) is 9.59 Å². The molecule has 1 aliphatic rings. The molecule has 0 saturated heterocycles. The molecule has 1 heterocycles. The molecule has 0 bridgehead atoms. The smallest absolute Gasteiger partial charge is 0.846 e. The fourth-order valence-corrected chi connectivity index (χ4v) is 3.56. The SMILES string of the molecule is CCCC(C)C1(CC)C(=O)N=C([O-])NC1=O.P.[Na+].c1ccc(-c2ccccc2)cc1. The Bertz CT molecular complexity index is 793. The van der Waals surface area contributed by atoms with Crippen molar-refractivity contribution in [3.05, 3.63) is 60.7 Å². The molecule has 0 radical (unpaired) electrons. The number of carbonyl (C=O) groups is 2. The van der Waals surface area contributed by atoms with Gasteiger partial charge < -0.3 is 10.4 Å². The van der Waals surface area contributed by atoms with E-state index in [0.717, 1.165) is 12.8 Å². The molecule has 0 aliphatic carbocycles. The molecule has 1 N–H and O–H groups in total. The molecule has 7 heteroatoms. The third kappa shape index (κ3) is 6.75. The first-order valence-corrected chi connectivity index (χ1v) is 9.67. The molecule has 3 atom stereocenters. The van der Waals surface area contributed by atoms with Crippen LogP contribution in [0.25, 0.3) is 11.1 Å². The van der Waals surface area contributed by atoms with E-state index < -0.39 is 23.3 Å². The Morgan fingerprint density at radius 1 is 0.967 bits per heavy atom. The number of aliphatic imine (C=N–C) groups is 1.